The van der Waals surface area contributed by atoms with Crippen molar-refractivity contribution >= 4 is 57.8 Å². The molecule has 1 N–H and O–H groups in total. The highest BCUT2D eigenvalue weighted by Gasteiger charge is 2.32. The van der Waals surface area contributed by atoms with Gasteiger partial charge in [-0.15, -0.1) is 0 Å². The summed E-state index contributed by atoms with van der Waals surface area (Å²) >= 11 is 12.3. The molecule has 2 aliphatic heterocycles. The average Bonchev–Trinajstić information content (AvgIpc) is 3.29. The first-order valence-corrected chi connectivity index (χ1v) is 10.4. The molecule has 0 saturated carbocycles. The molecular formula is C20H14ClFN2O4S2. The number of thioether (sulfide) groups is 1. The number of carbonyl (C=O) groups excluding carboxylic acids is 2. The van der Waals surface area contributed by atoms with Gasteiger partial charge < -0.3 is 14.8 Å². The molecule has 0 bridgehead atoms. The van der Waals surface area contributed by atoms with E-state index in [0.717, 1.165) is 11.6 Å². The van der Waals surface area contributed by atoms with E-state index < -0.39 is 11.7 Å². The number of amides is 2. The first-order chi connectivity index (χ1) is 14.4. The van der Waals surface area contributed by atoms with Crippen molar-refractivity contribution < 1.29 is 23.5 Å². The summed E-state index contributed by atoms with van der Waals surface area (Å²) in [6.45, 7) is 0.442. The highest BCUT2D eigenvalue weighted by Crippen LogP contribution is 2.36. The van der Waals surface area contributed by atoms with Crippen LogP contribution in [0.15, 0.2) is 41.3 Å². The Morgan fingerprint density at radius 2 is 2.07 bits per heavy atom. The van der Waals surface area contributed by atoms with Crippen molar-refractivity contribution in [2.45, 2.75) is 0 Å². The van der Waals surface area contributed by atoms with Crippen molar-refractivity contribution in [2.24, 2.45) is 0 Å². The van der Waals surface area contributed by atoms with E-state index in [0.29, 0.717) is 20.7 Å². The first-order valence-electron chi connectivity index (χ1n) is 8.80. The summed E-state index contributed by atoms with van der Waals surface area (Å²) < 4.78 is 24.8. The first kappa shape index (κ1) is 20.6. The number of nitrogens with zero attached hydrogens (tertiary/aromatic N) is 1. The number of rotatable bonds is 5. The van der Waals surface area contributed by atoms with Crippen molar-refractivity contribution in [3.05, 3.63) is 63.3 Å². The number of hydrogen-bond acceptors (Lipinski definition) is 6. The maximum absolute atomic E-state index is 13.8. The molecule has 4 rings (SSSR count). The van der Waals surface area contributed by atoms with Gasteiger partial charge in [0.25, 0.3) is 11.8 Å². The smallest absolute Gasteiger partial charge is 0.266 e. The molecule has 30 heavy (non-hydrogen) atoms. The quantitative estimate of drug-likeness (QED) is 0.535. The molecular weight excluding hydrogens is 451 g/mol. The van der Waals surface area contributed by atoms with Crippen LogP contribution in [-0.2, 0) is 4.79 Å². The molecule has 154 valence electrons. The second-order valence-electron chi connectivity index (χ2n) is 6.33. The summed E-state index contributed by atoms with van der Waals surface area (Å²) in [5.74, 6) is -0.266. The molecule has 2 aliphatic rings. The zero-order valence-corrected chi connectivity index (χ0v) is 17.7. The number of halogens is 2. The van der Waals surface area contributed by atoms with E-state index in [1.54, 1.807) is 18.2 Å². The predicted octanol–water partition coefficient (Wildman–Crippen LogP) is 3.84. The Bertz CT molecular complexity index is 1090. The number of fused-ring (bicyclic) bond motifs is 1. The van der Waals surface area contributed by atoms with E-state index in [9.17, 15) is 14.0 Å². The van der Waals surface area contributed by atoms with Gasteiger partial charge >= 0.3 is 0 Å². The van der Waals surface area contributed by atoms with Crippen LogP contribution in [0.4, 0.5) is 4.39 Å². The molecule has 0 aromatic heterocycles. The number of hydrogen-bond donors (Lipinski definition) is 1. The van der Waals surface area contributed by atoms with Gasteiger partial charge in [-0.05, 0) is 42.0 Å². The minimum atomic E-state index is -0.672. The van der Waals surface area contributed by atoms with Gasteiger partial charge in [0.2, 0.25) is 6.79 Å². The van der Waals surface area contributed by atoms with Crippen LogP contribution in [0.2, 0.25) is 5.02 Å². The fourth-order valence-electron chi connectivity index (χ4n) is 2.90. The van der Waals surface area contributed by atoms with Gasteiger partial charge in [0.1, 0.15) is 10.1 Å². The van der Waals surface area contributed by atoms with Gasteiger partial charge in [0, 0.05) is 18.1 Å². The van der Waals surface area contributed by atoms with Crippen LogP contribution in [0.3, 0.4) is 0 Å². The number of thiocarbonyl (C=S) groups is 1. The van der Waals surface area contributed by atoms with Crippen LogP contribution >= 0.6 is 35.6 Å². The molecule has 1 saturated heterocycles. The van der Waals surface area contributed by atoms with Gasteiger partial charge in [0.05, 0.1) is 10.5 Å². The lowest BCUT2D eigenvalue weighted by molar-refractivity contribution is -0.122. The molecule has 0 spiro atoms. The molecule has 0 unspecified atom stereocenters. The summed E-state index contributed by atoms with van der Waals surface area (Å²) in [6.07, 6.45) is 1.72. The predicted molar refractivity (Wildman–Crippen MR) is 116 cm³/mol. The Labute approximate surface area is 186 Å². The molecule has 6 nitrogen and oxygen atoms in total. The van der Waals surface area contributed by atoms with Gasteiger partial charge in [-0.2, -0.15) is 0 Å². The standard InChI is InChI=1S/C20H14ClFN2O4S2/c21-12-2-3-14(22)13(9-12)18(25)23-5-6-24-19(26)17(30-20(24)29)8-11-1-4-15-16(7-11)28-10-27-15/h1-4,7-9H,5-6,10H2,(H,23,25). The van der Waals surface area contributed by atoms with Gasteiger partial charge in [0.15, 0.2) is 11.5 Å². The molecule has 2 heterocycles. The molecule has 2 aromatic rings. The summed E-state index contributed by atoms with van der Waals surface area (Å²) in [7, 11) is 0. The van der Waals surface area contributed by atoms with E-state index in [1.807, 2.05) is 6.07 Å². The average molecular weight is 465 g/mol. The van der Waals surface area contributed by atoms with Crippen molar-refractivity contribution in [2.75, 3.05) is 19.9 Å². The van der Waals surface area contributed by atoms with Gasteiger partial charge in [-0.25, -0.2) is 4.39 Å². The summed E-state index contributed by atoms with van der Waals surface area (Å²) in [5.41, 5.74) is 0.625. The number of nitrogens with one attached hydrogen (secondary N) is 1. The van der Waals surface area contributed by atoms with Crippen LogP contribution in [0.5, 0.6) is 11.5 Å². The van der Waals surface area contributed by atoms with Gasteiger partial charge in [-0.1, -0.05) is 41.6 Å². The maximum atomic E-state index is 13.8. The monoisotopic (exact) mass is 464 g/mol. The Morgan fingerprint density at radius 3 is 2.90 bits per heavy atom. The van der Waals surface area contributed by atoms with E-state index in [-0.39, 0.29) is 36.4 Å². The zero-order valence-electron chi connectivity index (χ0n) is 15.3. The molecule has 0 aliphatic carbocycles. The van der Waals surface area contributed by atoms with E-state index in [1.165, 1.54) is 28.8 Å². The van der Waals surface area contributed by atoms with E-state index in [4.69, 9.17) is 33.3 Å². The third-order valence-electron chi connectivity index (χ3n) is 4.36. The summed E-state index contributed by atoms with van der Waals surface area (Å²) in [5, 5.41) is 2.83. The van der Waals surface area contributed by atoms with Crippen molar-refractivity contribution in [1.29, 1.82) is 0 Å². The minimum Gasteiger partial charge on any atom is -0.454 e. The molecule has 2 aromatic carbocycles. The Balaban J connectivity index is 1.38. The van der Waals surface area contributed by atoms with Crippen LogP contribution in [0, 0.1) is 5.82 Å². The molecule has 0 atom stereocenters. The zero-order chi connectivity index (χ0) is 21.3. The van der Waals surface area contributed by atoms with Crippen LogP contribution in [0.1, 0.15) is 15.9 Å². The number of ether oxygens (including phenoxy) is 2. The molecule has 10 heteroatoms. The van der Waals surface area contributed by atoms with Crippen LogP contribution in [0.25, 0.3) is 6.08 Å². The molecule has 0 radical (unpaired) electrons. The second-order valence-corrected chi connectivity index (χ2v) is 8.44. The van der Waals surface area contributed by atoms with E-state index >= 15 is 0 Å². The summed E-state index contributed by atoms with van der Waals surface area (Å²) in [4.78, 5) is 26.7. The minimum absolute atomic E-state index is 0.106. The fourth-order valence-corrected chi connectivity index (χ4v) is 4.38. The lowest BCUT2D eigenvalue weighted by Gasteiger charge is -2.15. The van der Waals surface area contributed by atoms with Crippen molar-refractivity contribution in [1.82, 2.24) is 10.2 Å². The van der Waals surface area contributed by atoms with Gasteiger partial charge in [-0.3, -0.25) is 14.5 Å². The maximum Gasteiger partial charge on any atom is 0.266 e. The number of carbonyl (C=O) groups is 2. The largest absolute Gasteiger partial charge is 0.454 e. The second kappa shape index (κ2) is 8.63. The molecule has 1 fully saturated rings. The number of benzene rings is 2. The Kier molecular flexibility index (Phi) is 5.94. The summed E-state index contributed by atoms with van der Waals surface area (Å²) in [6, 6.07) is 9.12. The topological polar surface area (TPSA) is 67.9 Å². The fraction of sp³-hybridized carbons (Fsp3) is 0.150. The van der Waals surface area contributed by atoms with Crippen LogP contribution in [-0.4, -0.2) is 40.9 Å². The third-order valence-corrected chi connectivity index (χ3v) is 5.97. The highest BCUT2D eigenvalue weighted by molar-refractivity contribution is 8.26. The lowest BCUT2D eigenvalue weighted by atomic mass is 10.2. The lowest BCUT2D eigenvalue weighted by Crippen LogP contribution is -2.37. The molecule has 2 amide bonds. The Morgan fingerprint density at radius 1 is 1.27 bits per heavy atom. The van der Waals surface area contributed by atoms with Crippen molar-refractivity contribution in [3.63, 3.8) is 0 Å². The third kappa shape index (κ3) is 4.28. The normalized spacial score (nSPS) is 16.5. The Hall–Kier alpha value is -2.62. The van der Waals surface area contributed by atoms with Crippen LogP contribution < -0.4 is 14.8 Å². The van der Waals surface area contributed by atoms with E-state index in [2.05, 4.69) is 5.32 Å². The SMILES string of the molecule is O=C(NCCN1C(=O)C(=Cc2ccc3c(c2)OCO3)SC1=S)c1cc(Cl)ccc1F. The highest BCUT2D eigenvalue weighted by atomic mass is 35.5. The van der Waals surface area contributed by atoms with Crippen molar-refractivity contribution in [3.8, 4) is 11.5 Å².